The molecule has 20 heavy (non-hydrogen) atoms. The summed E-state index contributed by atoms with van der Waals surface area (Å²) in [5.41, 5.74) is 2.82. The molecule has 3 nitrogen and oxygen atoms in total. The van der Waals surface area contributed by atoms with Crippen molar-refractivity contribution in [2.24, 2.45) is 0 Å². The first-order valence-electron chi connectivity index (χ1n) is 6.32. The molecule has 0 radical (unpaired) electrons. The Labute approximate surface area is 132 Å². The van der Waals surface area contributed by atoms with Gasteiger partial charge in [0, 0.05) is 16.8 Å². The van der Waals surface area contributed by atoms with E-state index in [0.717, 1.165) is 27.0 Å². The maximum atomic E-state index is 6.29. The molecule has 0 amide bonds. The van der Waals surface area contributed by atoms with Gasteiger partial charge in [-0.2, -0.15) is 0 Å². The number of hydrogen-bond donors (Lipinski definition) is 0. The fourth-order valence-corrected chi connectivity index (χ4v) is 3.11. The molecular formula is C15H16BrClN2O. The van der Waals surface area contributed by atoms with Crippen LogP contribution in [0.3, 0.4) is 0 Å². The molecule has 5 heteroatoms. The molecular weight excluding hydrogens is 340 g/mol. The number of nitrogens with zero attached hydrogens (tertiary/aromatic N) is 2. The van der Waals surface area contributed by atoms with Gasteiger partial charge in [0.25, 0.3) is 0 Å². The van der Waals surface area contributed by atoms with E-state index in [2.05, 4.69) is 39.7 Å². The molecule has 0 atom stereocenters. The summed E-state index contributed by atoms with van der Waals surface area (Å²) >= 11 is 9.76. The second-order valence-electron chi connectivity index (χ2n) is 4.84. The van der Waals surface area contributed by atoms with Crippen LogP contribution in [0, 0.1) is 6.92 Å². The zero-order valence-corrected chi connectivity index (χ0v) is 14.2. The lowest BCUT2D eigenvalue weighted by Crippen LogP contribution is -2.02. The third kappa shape index (κ3) is 2.96. The maximum Gasteiger partial charge on any atom is 0.161 e. The van der Waals surface area contributed by atoms with Gasteiger partial charge in [0.05, 0.1) is 11.6 Å². The minimum Gasteiger partial charge on any atom is -0.496 e. The third-order valence-electron chi connectivity index (χ3n) is 3.08. The lowest BCUT2D eigenvalue weighted by atomic mass is 10.0. The molecule has 2 aromatic rings. The van der Waals surface area contributed by atoms with Crippen LogP contribution in [0.15, 0.2) is 22.7 Å². The molecule has 1 aromatic carbocycles. The first-order valence-corrected chi connectivity index (χ1v) is 7.49. The number of hydrogen-bond acceptors (Lipinski definition) is 3. The van der Waals surface area contributed by atoms with Gasteiger partial charge < -0.3 is 4.74 Å². The van der Waals surface area contributed by atoms with Crippen LogP contribution in [0.25, 0.3) is 11.4 Å². The van der Waals surface area contributed by atoms with Gasteiger partial charge in [0.15, 0.2) is 5.82 Å². The highest BCUT2D eigenvalue weighted by Crippen LogP contribution is 2.31. The van der Waals surface area contributed by atoms with Gasteiger partial charge in [-0.05, 0) is 47.0 Å². The Kier molecular flexibility index (Phi) is 4.66. The van der Waals surface area contributed by atoms with Crippen molar-refractivity contribution in [2.45, 2.75) is 26.7 Å². The van der Waals surface area contributed by atoms with Crippen LogP contribution in [0.1, 0.15) is 31.0 Å². The molecule has 0 spiro atoms. The van der Waals surface area contributed by atoms with E-state index in [1.807, 2.05) is 25.1 Å². The van der Waals surface area contributed by atoms with Crippen LogP contribution in [0.4, 0.5) is 0 Å². The summed E-state index contributed by atoms with van der Waals surface area (Å²) in [4.78, 5) is 8.98. The molecule has 2 rings (SSSR count). The van der Waals surface area contributed by atoms with Crippen molar-refractivity contribution in [1.29, 1.82) is 0 Å². The van der Waals surface area contributed by atoms with Gasteiger partial charge in [-0.25, -0.2) is 9.97 Å². The van der Waals surface area contributed by atoms with Crippen molar-refractivity contribution < 1.29 is 4.74 Å². The number of benzene rings is 1. The lowest BCUT2D eigenvalue weighted by molar-refractivity contribution is 0.412. The number of ether oxygens (including phenoxy) is 1. The molecule has 0 unspecified atom stereocenters. The second kappa shape index (κ2) is 6.10. The van der Waals surface area contributed by atoms with E-state index in [1.165, 1.54) is 0 Å². The molecule has 0 fully saturated rings. The van der Waals surface area contributed by atoms with Gasteiger partial charge in [0.1, 0.15) is 10.9 Å². The second-order valence-corrected chi connectivity index (χ2v) is 6.05. The lowest BCUT2D eigenvalue weighted by Gasteiger charge is -2.13. The summed E-state index contributed by atoms with van der Waals surface area (Å²) < 4.78 is 6.08. The number of aromatic nitrogens is 2. The quantitative estimate of drug-likeness (QED) is 0.727. The van der Waals surface area contributed by atoms with Crippen molar-refractivity contribution in [3.8, 4) is 17.1 Å². The monoisotopic (exact) mass is 354 g/mol. The fourth-order valence-electron chi connectivity index (χ4n) is 2.14. The van der Waals surface area contributed by atoms with Crippen LogP contribution >= 0.6 is 27.5 Å². The molecule has 0 aliphatic heterocycles. The standard InChI is InChI=1S/C15H16BrClN2O/c1-8(2)13-9(3)18-15(19-14(13)17)10-5-6-12(20-4)11(16)7-10/h5-8H,1-4H3. The Morgan fingerprint density at radius 1 is 1.25 bits per heavy atom. The normalized spacial score (nSPS) is 10.9. The van der Waals surface area contributed by atoms with Gasteiger partial charge in [-0.3, -0.25) is 0 Å². The van der Waals surface area contributed by atoms with E-state index >= 15 is 0 Å². The Morgan fingerprint density at radius 3 is 2.45 bits per heavy atom. The van der Waals surface area contributed by atoms with Gasteiger partial charge in [-0.1, -0.05) is 25.4 Å². The Hall–Kier alpha value is -1.13. The van der Waals surface area contributed by atoms with Crippen LogP contribution in [0.2, 0.25) is 5.15 Å². The Morgan fingerprint density at radius 2 is 1.95 bits per heavy atom. The molecule has 0 bridgehead atoms. The van der Waals surface area contributed by atoms with Crippen molar-refractivity contribution in [2.75, 3.05) is 7.11 Å². The third-order valence-corrected chi connectivity index (χ3v) is 3.98. The summed E-state index contributed by atoms with van der Waals surface area (Å²) in [6.07, 6.45) is 0. The SMILES string of the molecule is COc1ccc(-c2nc(C)c(C(C)C)c(Cl)n2)cc1Br. The van der Waals surface area contributed by atoms with Crippen molar-refractivity contribution in [1.82, 2.24) is 9.97 Å². The summed E-state index contributed by atoms with van der Waals surface area (Å²) in [7, 11) is 1.63. The number of halogens is 2. The predicted molar refractivity (Wildman–Crippen MR) is 85.6 cm³/mol. The number of methoxy groups -OCH3 is 1. The Bertz CT molecular complexity index is 621. The average Bonchev–Trinajstić information content (AvgIpc) is 2.37. The molecule has 106 valence electrons. The van der Waals surface area contributed by atoms with E-state index in [9.17, 15) is 0 Å². The molecule has 1 aromatic heterocycles. The minimum absolute atomic E-state index is 0.305. The highest BCUT2D eigenvalue weighted by atomic mass is 79.9. The van der Waals surface area contributed by atoms with Crippen molar-refractivity contribution in [3.05, 3.63) is 39.1 Å². The van der Waals surface area contributed by atoms with E-state index in [0.29, 0.717) is 16.9 Å². The van der Waals surface area contributed by atoms with Crippen LogP contribution < -0.4 is 4.74 Å². The van der Waals surface area contributed by atoms with E-state index in [-0.39, 0.29) is 0 Å². The van der Waals surface area contributed by atoms with Gasteiger partial charge >= 0.3 is 0 Å². The largest absolute Gasteiger partial charge is 0.496 e. The highest BCUT2D eigenvalue weighted by molar-refractivity contribution is 9.10. The van der Waals surface area contributed by atoms with Gasteiger partial charge in [-0.15, -0.1) is 0 Å². The molecule has 0 saturated carbocycles. The topological polar surface area (TPSA) is 35.0 Å². The summed E-state index contributed by atoms with van der Waals surface area (Å²) in [6.45, 7) is 6.13. The summed E-state index contributed by atoms with van der Waals surface area (Å²) in [5, 5.41) is 0.523. The number of aryl methyl sites for hydroxylation is 1. The maximum absolute atomic E-state index is 6.29. The minimum atomic E-state index is 0.305. The molecule has 0 N–H and O–H groups in total. The first kappa shape index (κ1) is 15.3. The predicted octanol–water partition coefficient (Wildman–Crippen LogP) is 5.00. The van der Waals surface area contributed by atoms with E-state index < -0.39 is 0 Å². The summed E-state index contributed by atoms with van der Waals surface area (Å²) in [5.74, 6) is 1.70. The van der Waals surface area contributed by atoms with Crippen molar-refractivity contribution >= 4 is 27.5 Å². The molecule has 1 heterocycles. The smallest absolute Gasteiger partial charge is 0.161 e. The average molecular weight is 356 g/mol. The zero-order valence-electron chi connectivity index (χ0n) is 11.9. The highest BCUT2D eigenvalue weighted by Gasteiger charge is 2.14. The Balaban J connectivity index is 2.51. The number of rotatable bonds is 3. The van der Waals surface area contributed by atoms with Crippen LogP contribution in [0.5, 0.6) is 5.75 Å². The molecule has 0 aliphatic carbocycles. The molecule has 0 aliphatic rings. The summed E-state index contributed by atoms with van der Waals surface area (Å²) in [6, 6.07) is 5.73. The van der Waals surface area contributed by atoms with Gasteiger partial charge in [0.2, 0.25) is 0 Å². The fraction of sp³-hybridized carbons (Fsp3) is 0.333. The molecule has 0 saturated heterocycles. The van der Waals surface area contributed by atoms with E-state index in [1.54, 1.807) is 7.11 Å². The zero-order chi connectivity index (χ0) is 14.9. The van der Waals surface area contributed by atoms with Crippen LogP contribution in [-0.4, -0.2) is 17.1 Å². The van der Waals surface area contributed by atoms with E-state index in [4.69, 9.17) is 16.3 Å². The first-order chi connectivity index (χ1) is 9.43. The van der Waals surface area contributed by atoms with Crippen molar-refractivity contribution in [3.63, 3.8) is 0 Å². The van der Waals surface area contributed by atoms with Crippen LogP contribution in [-0.2, 0) is 0 Å².